The van der Waals surface area contributed by atoms with Crippen LogP contribution in [0.25, 0.3) is 0 Å². The maximum atomic E-state index is 10.1. The lowest BCUT2D eigenvalue weighted by molar-refractivity contribution is 0.0333. The fourth-order valence-electron chi connectivity index (χ4n) is 1.73. The number of nitrogens with two attached hydrogens (primary N) is 1. The Morgan fingerprint density at radius 2 is 1.67 bits per heavy atom. The molecule has 0 amide bonds. The first-order valence-corrected chi connectivity index (χ1v) is 6.47. The van der Waals surface area contributed by atoms with Crippen LogP contribution >= 0.6 is 0 Å². The predicted octanol–water partition coefficient (Wildman–Crippen LogP) is 1.98. The van der Waals surface area contributed by atoms with Crippen LogP contribution in [-0.4, -0.2) is 29.7 Å². The zero-order valence-corrected chi connectivity index (χ0v) is 12.0. The third-order valence-corrected chi connectivity index (χ3v) is 3.20. The third kappa shape index (κ3) is 4.77. The number of hydrogen-bond donors (Lipinski definition) is 2. The SMILES string of the molecule is CN(Cc1ccc(CN)cc1)CC(O)C(C)(C)C. The second-order valence-corrected chi connectivity index (χ2v) is 6.10. The Kier molecular flexibility index (Phi) is 5.32. The van der Waals surface area contributed by atoms with E-state index in [4.69, 9.17) is 5.73 Å². The number of hydrogen-bond acceptors (Lipinski definition) is 3. The molecule has 0 aliphatic rings. The second kappa shape index (κ2) is 6.32. The van der Waals surface area contributed by atoms with E-state index in [2.05, 4.69) is 49.9 Å². The number of aliphatic hydroxyl groups excluding tert-OH is 1. The minimum atomic E-state index is -0.314. The van der Waals surface area contributed by atoms with Crippen LogP contribution in [0, 0.1) is 5.41 Å². The maximum Gasteiger partial charge on any atom is 0.0715 e. The highest BCUT2D eigenvalue weighted by atomic mass is 16.3. The molecule has 1 aromatic carbocycles. The smallest absolute Gasteiger partial charge is 0.0715 e. The number of rotatable bonds is 5. The molecule has 0 heterocycles. The summed E-state index contributed by atoms with van der Waals surface area (Å²) in [6.07, 6.45) is -0.314. The molecule has 1 rings (SSSR count). The molecule has 0 fully saturated rings. The van der Waals surface area contributed by atoms with E-state index < -0.39 is 0 Å². The van der Waals surface area contributed by atoms with Gasteiger partial charge in [-0.25, -0.2) is 0 Å². The maximum absolute atomic E-state index is 10.1. The highest BCUT2D eigenvalue weighted by Gasteiger charge is 2.23. The molecule has 0 saturated carbocycles. The fraction of sp³-hybridized carbons (Fsp3) is 0.600. The van der Waals surface area contributed by atoms with Crippen molar-refractivity contribution in [3.63, 3.8) is 0 Å². The molecule has 0 bridgehead atoms. The van der Waals surface area contributed by atoms with Gasteiger partial charge >= 0.3 is 0 Å². The van der Waals surface area contributed by atoms with Crippen molar-refractivity contribution in [3.05, 3.63) is 35.4 Å². The van der Waals surface area contributed by atoms with Crippen molar-refractivity contribution in [2.45, 2.75) is 40.0 Å². The Hall–Kier alpha value is -0.900. The van der Waals surface area contributed by atoms with Crippen molar-refractivity contribution in [1.29, 1.82) is 0 Å². The minimum absolute atomic E-state index is 0.0718. The summed E-state index contributed by atoms with van der Waals surface area (Å²) in [6.45, 7) is 8.28. The van der Waals surface area contributed by atoms with Gasteiger partial charge in [-0.2, -0.15) is 0 Å². The van der Waals surface area contributed by atoms with Crippen LogP contribution in [-0.2, 0) is 13.1 Å². The average molecular weight is 250 g/mol. The van der Waals surface area contributed by atoms with Crippen LogP contribution in [0.3, 0.4) is 0 Å². The van der Waals surface area contributed by atoms with E-state index in [1.807, 2.05) is 7.05 Å². The number of likely N-dealkylation sites (N-methyl/N-ethyl adjacent to an activating group) is 1. The summed E-state index contributed by atoms with van der Waals surface area (Å²) in [6, 6.07) is 8.32. The van der Waals surface area contributed by atoms with Crippen molar-refractivity contribution in [3.8, 4) is 0 Å². The Bertz CT molecular complexity index is 354. The normalized spacial score (nSPS) is 13.9. The summed E-state index contributed by atoms with van der Waals surface area (Å²) in [5.41, 5.74) is 7.89. The second-order valence-electron chi connectivity index (χ2n) is 6.10. The van der Waals surface area contributed by atoms with Gasteiger partial charge in [-0.15, -0.1) is 0 Å². The Morgan fingerprint density at radius 3 is 2.11 bits per heavy atom. The molecule has 1 unspecified atom stereocenters. The molecule has 0 radical (unpaired) electrons. The number of benzene rings is 1. The Morgan fingerprint density at radius 1 is 1.17 bits per heavy atom. The summed E-state index contributed by atoms with van der Waals surface area (Å²) in [4.78, 5) is 2.15. The van der Waals surface area contributed by atoms with E-state index in [1.54, 1.807) is 0 Å². The summed E-state index contributed by atoms with van der Waals surface area (Å²) < 4.78 is 0. The van der Waals surface area contributed by atoms with Gasteiger partial charge in [-0.3, -0.25) is 4.90 Å². The first-order valence-electron chi connectivity index (χ1n) is 6.47. The zero-order valence-electron chi connectivity index (χ0n) is 12.0. The van der Waals surface area contributed by atoms with Gasteiger partial charge in [0.2, 0.25) is 0 Å². The van der Waals surface area contributed by atoms with Gasteiger partial charge in [0.25, 0.3) is 0 Å². The molecule has 3 nitrogen and oxygen atoms in total. The Balaban J connectivity index is 2.51. The molecular formula is C15H26N2O. The zero-order chi connectivity index (χ0) is 13.8. The van der Waals surface area contributed by atoms with Gasteiger partial charge in [0, 0.05) is 19.6 Å². The lowest BCUT2D eigenvalue weighted by Crippen LogP contribution is -2.37. The van der Waals surface area contributed by atoms with Crippen LogP contribution in [0.5, 0.6) is 0 Å². The minimum Gasteiger partial charge on any atom is -0.391 e. The van der Waals surface area contributed by atoms with Crippen LogP contribution in [0.1, 0.15) is 31.9 Å². The fourth-order valence-corrected chi connectivity index (χ4v) is 1.73. The van der Waals surface area contributed by atoms with Crippen molar-refractivity contribution >= 4 is 0 Å². The molecule has 0 aliphatic heterocycles. The van der Waals surface area contributed by atoms with Gasteiger partial charge in [-0.1, -0.05) is 45.0 Å². The molecule has 102 valence electrons. The average Bonchev–Trinajstić information content (AvgIpc) is 2.28. The predicted molar refractivity (Wildman–Crippen MR) is 76.1 cm³/mol. The summed E-state index contributed by atoms with van der Waals surface area (Å²) in [7, 11) is 2.03. The molecule has 1 atom stereocenters. The molecule has 0 aromatic heterocycles. The van der Waals surface area contributed by atoms with E-state index >= 15 is 0 Å². The molecule has 1 aromatic rings. The van der Waals surface area contributed by atoms with Crippen LogP contribution in [0.15, 0.2) is 24.3 Å². The van der Waals surface area contributed by atoms with Crippen molar-refractivity contribution in [1.82, 2.24) is 4.90 Å². The van der Waals surface area contributed by atoms with Gasteiger partial charge in [0.15, 0.2) is 0 Å². The van der Waals surface area contributed by atoms with Gasteiger partial charge in [0.05, 0.1) is 6.10 Å². The summed E-state index contributed by atoms with van der Waals surface area (Å²) >= 11 is 0. The van der Waals surface area contributed by atoms with E-state index in [1.165, 1.54) is 5.56 Å². The van der Waals surface area contributed by atoms with Crippen LogP contribution in [0.2, 0.25) is 0 Å². The summed E-state index contributed by atoms with van der Waals surface area (Å²) in [5, 5.41) is 10.1. The lowest BCUT2D eigenvalue weighted by Gasteiger charge is -2.29. The molecule has 0 aliphatic carbocycles. The quantitative estimate of drug-likeness (QED) is 0.840. The van der Waals surface area contributed by atoms with E-state index in [0.29, 0.717) is 13.1 Å². The van der Waals surface area contributed by atoms with Crippen molar-refractivity contribution in [2.75, 3.05) is 13.6 Å². The van der Waals surface area contributed by atoms with Crippen molar-refractivity contribution in [2.24, 2.45) is 11.1 Å². The van der Waals surface area contributed by atoms with Crippen molar-refractivity contribution < 1.29 is 5.11 Å². The third-order valence-electron chi connectivity index (χ3n) is 3.20. The van der Waals surface area contributed by atoms with Gasteiger partial charge in [0.1, 0.15) is 0 Å². The van der Waals surface area contributed by atoms with E-state index in [-0.39, 0.29) is 11.5 Å². The molecule has 18 heavy (non-hydrogen) atoms. The topological polar surface area (TPSA) is 49.5 Å². The van der Waals surface area contributed by atoms with Gasteiger partial charge in [-0.05, 0) is 23.6 Å². The standard InChI is InChI=1S/C15H26N2O/c1-15(2,3)14(18)11-17(4)10-13-7-5-12(9-16)6-8-13/h5-8,14,18H,9-11,16H2,1-4H3. The summed E-state index contributed by atoms with van der Waals surface area (Å²) in [5.74, 6) is 0. The first-order chi connectivity index (χ1) is 8.32. The number of nitrogens with zero attached hydrogens (tertiary/aromatic N) is 1. The largest absolute Gasteiger partial charge is 0.391 e. The monoisotopic (exact) mass is 250 g/mol. The molecule has 0 spiro atoms. The van der Waals surface area contributed by atoms with E-state index in [9.17, 15) is 5.11 Å². The molecule has 3 N–H and O–H groups in total. The lowest BCUT2D eigenvalue weighted by atomic mass is 9.89. The number of aliphatic hydroxyl groups is 1. The Labute approximate surface area is 111 Å². The van der Waals surface area contributed by atoms with E-state index in [0.717, 1.165) is 12.1 Å². The first kappa shape index (κ1) is 15.2. The molecule has 0 saturated heterocycles. The highest BCUT2D eigenvalue weighted by Crippen LogP contribution is 2.20. The van der Waals surface area contributed by atoms with Crippen LogP contribution < -0.4 is 5.73 Å². The van der Waals surface area contributed by atoms with Crippen LogP contribution in [0.4, 0.5) is 0 Å². The molecular weight excluding hydrogens is 224 g/mol. The van der Waals surface area contributed by atoms with Gasteiger partial charge < -0.3 is 10.8 Å². The molecule has 3 heteroatoms. The highest BCUT2D eigenvalue weighted by molar-refractivity contribution is 5.22.